The predicted octanol–water partition coefficient (Wildman–Crippen LogP) is 1.95. The van der Waals surface area contributed by atoms with Gasteiger partial charge < -0.3 is 45.8 Å². The molecule has 6 rings (SSSR count). The fraction of sp³-hybridized carbons (Fsp3) is 0.558. The first-order valence-corrected chi connectivity index (χ1v) is 20.9. The summed E-state index contributed by atoms with van der Waals surface area (Å²) in [6.07, 6.45) is 1.23. The summed E-state index contributed by atoms with van der Waals surface area (Å²) in [4.78, 5) is 103. The molecule has 4 fully saturated rings. The van der Waals surface area contributed by atoms with E-state index in [1.165, 1.54) is 21.6 Å². The van der Waals surface area contributed by atoms with E-state index in [1.54, 1.807) is 19.1 Å². The highest BCUT2D eigenvalue weighted by molar-refractivity contribution is 5.98. The summed E-state index contributed by atoms with van der Waals surface area (Å²) in [5, 5.41) is 21.9. The number of ether oxygens (including phenoxy) is 1. The van der Waals surface area contributed by atoms with Crippen LogP contribution in [-0.4, -0.2) is 129 Å². The minimum absolute atomic E-state index is 0.0318. The normalized spacial score (nSPS) is 27.4. The smallest absolute Gasteiger partial charge is 0.329 e. The number of aliphatic hydroxyl groups excluding tert-OH is 1. The van der Waals surface area contributed by atoms with Gasteiger partial charge in [-0.05, 0) is 95.4 Å². The molecular weight excluding hydrogens is 759 g/mol. The van der Waals surface area contributed by atoms with Crippen LogP contribution in [0.1, 0.15) is 82.4 Å². The van der Waals surface area contributed by atoms with E-state index in [0.29, 0.717) is 31.4 Å². The number of nitrogens with zero attached hydrogens (tertiary/aromatic N) is 3. The summed E-state index contributed by atoms with van der Waals surface area (Å²) in [7, 11) is 0. The van der Waals surface area contributed by atoms with Gasteiger partial charge in [0.25, 0.3) is 0 Å². The molecule has 0 aromatic heterocycles. The average molecular weight is 816 g/mol. The van der Waals surface area contributed by atoms with Crippen LogP contribution in [-0.2, 0) is 46.3 Å². The second-order valence-electron chi connectivity index (χ2n) is 16.2. The van der Waals surface area contributed by atoms with Gasteiger partial charge >= 0.3 is 12.0 Å². The van der Waals surface area contributed by atoms with Crippen molar-refractivity contribution in [1.82, 2.24) is 30.7 Å². The Hall–Kier alpha value is -5.51. The molecule has 4 heterocycles. The number of cyclic esters (lactones) is 1. The van der Waals surface area contributed by atoms with Gasteiger partial charge in [-0.3, -0.25) is 24.0 Å². The van der Waals surface area contributed by atoms with Crippen molar-refractivity contribution in [2.24, 2.45) is 0 Å². The molecule has 8 atom stereocenters. The first-order chi connectivity index (χ1) is 28.2. The number of amides is 7. The molecule has 2 aromatic carbocycles. The molecule has 5 N–H and O–H groups in total. The third kappa shape index (κ3) is 10.2. The lowest BCUT2D eigenvalue weighted by molar-refractivity contribution is -0.165. The Morgan fingerprint density at radius 3 is 2.27 bits per heavy atom. The molecule has 16 nitrogen and oxygen atoms in total. The average Bonchev–Trinajstić information content (AvgIpc) is 3.72. The molecule has 59 heavy (non-hydrogen) atoms. The number of rotatable bonds is 7. The van der Waals surface area contributed by atoms with Gasteiger partial charge in [-0.15, -0.1) is 0 Å². The monoisotopic (exact) mass is 815 g/mol. The summed E-state index contributed by atoms with van der Waals surface area (Å²) in [5.74, 6) is -3.83. The van der Waals surface area contributed by atoms with Crippen LogP contribution in [0, 0.1) is 6.92 Å². The molecule has 4 aliphatic heterocycles. The molecule has 0 bridgehead atoms. The van der Waals surface area contributed by atoms with E-state index in [0.717, 1.165) is 23.1 Å². The topological polar surface area (TPSA) is 207 Å². The van der Waals surface area contributed by atoms with E-state index in [-0.39, 0.29) is 45.3 Å². The number of esters is 1. The van der Waals surface area contributed by atoms with Crippen molar-refractivity contribution in [2.45, 2.75) is 134 Å². The zero-order valence-corrected chi connectivity index (χ0v) is 34.3. The Labute approximate surface area is 344 Å². The highest BCUT2D eigenvalue weighted by atomic mass is 16.5. The number of aliphatic hydroxyl groups is 1. The largest absolute Gasteiger partial charge is 0.458 e. The molecule has 2 aromatic rings. The van der Waals surface area contributed by atoms with Crippen molar-refractivity contribution in [2.75, 3.05) is 25.0 Å². The number of fused-ring (bicyclic) bond motifs is 3. The molecule has 0 aliphatic carbocycles. The Bertz CT molecular complexity index is 1910. The number of carbonyl (C=O) groups is 7. The predicted molar refractivity (Wildman–Crippen MR) is 217 cm³/mol. The summed E-state index contributed by atoms with van der Waals surface area (Å²) in [6.45, 7) is 7.14. The second-order valence-corrected chi connectivity index (χ2v) is 16.2. The lowest BCUT2D eigenvalue weighted by Gasteiger charge is -2.44. The second kappa shape index (κ2) is 19.0. The van der Waals surface area contributed by atoms with E-state index >= 15 is 0 Å². The molecule has 0 saturated carbocycles. The molecule has 318 valence electrons. The maximum Gasteiger partial charge on any atom is 0.329 e. The zero-order chi connectivity index (χ0) is 42.4. The van der Waals surface area contributed by atoms with Crippen molar-refractivity contribution in [3.8, 4) is 0 Å². The standard InChI is InChI=1S/C43H57N7O9/c1-5-28-14-16-30(17-15-28)45-43(58)46-32(23-29-11-8-10-25(2)22-29)37(52)47-36-27(4)59-42(57)35-13-9-21-49(35)39(54)26(3)44-38(53)33-12-6-7-20-48(33)40(55)34-19-18-31(51)24-50(34)41(36)56/h8,10-11,14-17,22,26-27,31-36,51H,5-7,9,12-13,18-21,23-24H2,1-4H3,(H,44,53)(H,47,52)(H2,45,46,58)/t26-,27-,31+,32-,33-,34-,35-,36-/m0/s1. The van der Waals surface area contributed by atoms with Crippen LogP contribution in [0.2, 0.25) is 0 Å². The van der Waals surface area contributed by atoms with Crippen LogP contribution in [0.5, 0.6) is 0 Å². The van der Waals surface area contributed by atoms with Crippen LogP contribution in [0.4, 0.5) is 10.5 Å². The molecular formula is C43H57N7O9. The quantitative estimate of drug-likeness (QED) is 0.259. The van der Waals surface area contributed by atoms with Crippen molar-refractivity contribution in [1.29, 1.82) is 0 Å². The highest BCUT2D eigenvalue weighted by Crippen LogP contribution is 2.27. The van der Waals surface area contributed by atoms with E-state index in [2.05, 4.69) is 21.3 Å². The number of hydrogen-bond acceptors (Lipinski definition) is 9. The van der Waals surface area contributed by atoms with Crippen LogP contribution in [0.25, 0.3) is 0 Å². The number of benzene rings is 2. The molecule has 0 radical (unpaired) electrons. The number of anilines is 1. The molecule has 4 saturated heterocycles. The minimum Gasteiger partial charge on any atom is -0.458 e. The van der Waals surface area contributed by atoms with Crippen LogP contribution in [0.15, 0.2) is 48.5 Å². The molecule has 0 unspecified atom stereocenters. The molecule has 4 aliphatic rings. The van der Waals surface area contributed by atoms with Gasteiger partial charge in [0.1, 0.15) is 42.4 Å². The lowest BCUT2D eigenvalue weighted by atomic mass is 9.94. The number of nitrogens with one attached hydrogen (secondary N) is 4. The van der Waals surface area contributed by atoms with Crippen molar-refractivity contribution in [3.05, 3.63) is 65.2 Å². The third-order valence-corrected chi connectivity index (χ3v) is 11.9. The summed E-state index contributed by atoms with van der Waals surface area (Å²) in [5.41, 5.74) is 3.24. The molecule has 0 spiro atoms. The van der Waals surface area contributed by atoms with E-state index < -0.39 is 90.0 Å². The number of carbonyl (C=O) groups excluding carboxylic acids is 7. The fourth-order valence-corrected chi connectivity index (χ4v) is 8.58. The number of hydrogen-bond donors (Lipinski definition) is 5. The number of piperidine rings is 2. The third-order valence-electron chi connectivity index (χ3n) is 11.9. The molecule has 16 heteroatoms. The first kappa shape index (κ1) is 43.1. The van der Waals surface area contributed by atoms with Gasteiger partial charge in [-0.1, -0.05) is 48.9 Å². The van der Waals surface area contributed by atoms with Crippen molar-refractivity contribution >= 4 is 47.2 Å². The van der Waals surface area contributed by atoms with Crippen molar-refractivity contribution in [3.63, 3.8) is 0 Å². The summed E-state index contributed by atoms with van der Waals surface area (Å²) < 4.78 is 5.93. The number of urea groups is 1. The van der Waals surface area contributed by atoms with E-state index in [9.17, 15) is 38.7 Å². The van der Waals surface area contributed by atoms with E-state index in [4.69, 9.17) is 4.74 Å². The summed E-state index contributed by atoms with van der Waals surface area (Å²) >= 11 is 0. The van der Waals surface area contributed by atoms with Gasteiger partial charge in [0.2, 0.25) is 29.5 Å². The minimum atomic E-state index is -1.59. The van der Waals surface area contributed by atoms with Crippen LogP contribution >= 0.6 is 0 Å². The highest BCUT2D eigenvalue weighted by Gasteiger charge is 2.47. The summed E-state index contributed by atoms with van der Waals surface area (Å²) in [6, 6.07) is 7.19. The fourth-order valence-electron chi connectivity index (χ4n) is 8.58. The van der Waals surface area contributed by atoms with Gasteiger partial charge in [-0.25, -0.2) is 9.59 Å². The first-order valence-electron chi connectivity index (χ1n) is 20.9. The Morgan fingerprint density at radius 1 is 0.831 bits per heavy atom. The maximum atomic E-state index is 14.9. The zero-order valence-electron chi connectivity index (χ0n) is 34.3. The van der Waals surface area contributed by atoms with Crippen LogP contribution in [0.3, 0.4) is 0 Å². The van der Waals surface area contributed by atoms with Crippen LogP contribution < -0.4 is 21.3 Å². The lowest BCUT2D eigenvalue weighted by Crippen LogP contribution is -2.66. The maximum absolute atomic E-state index is 14.9. The van der Waals surface area contributed by atoms with Crippen molar-refractivity contribution < 1.29 is 43.4 Å². The van der Waals surface area contributed by atoms with Gasteiger partial charge in [0.15, 0.2) is 0 Å². The van der Waals surface area contributed by atoms with Gasteiger partial charge in [-0.2, -0.15) is 0 Å². The number of aryl methyl sites for hydroxylation is 2. The Balaban J connectivity index is 1.34. The molecule has 7 amide bonds. The van der Waals surface area contributed by atoms with Gasteiger partial charge in [0.05, 0.1) is 6.10 Å². The Morgan fingerprint density at radius 2 is 1.54 bits per heavy atom. The van der Waals surface area contributed by atoms with Gasteiger partial charge in [0, 0.05) is 31.7 Å². The SMILES string of the molecule is CCc1ccc(NC(=O)N[C@@H](Cc2cccc(C)c2)C(=O)N[C@@H]2C(=O)N3C[C@H](O)CC[C@H]3C(=O)N3CCCC[C@H]3C(=O)N[C@@H](C)C(=O)N3CCC[C@H]3C(=O)O[C@H]2C)cc1. The van der Waals surface area contributed by atoms with E-state index in [1.807, 2.05) is 50.2 Å². The Kier molecular flexibility index (Phi) is 13.9.